The van der Waals surface area contributed by atoms with Crippen LogP contribution in [0.4, 0.5) is 0 Å². The van der Waals surface area contributed by atoms with E-state index in [0.29, 0.717) is 16.3 Å². The molecule has 0 bridgehead atoms. The second kappa shape index (κ2) is 8.24. The normalized spacial score (nSPS) is 11.2. The Kier molecular flexibility index (Phi) is 6.31. The van der Waals surface area contributed by atoms with E-state index in [1.807, 2.05) is 0 Å². The van der Waals surface area contributed by atoms with E-state index in [9.17, 15) is 9.90 Å². The van der Waals surface area contributed by atoms with E-state index in [4.69, 9.17) is 39.5 Å². The van der Waals surface area contributed by atoms with E-state index in [0.717, 1.165) is 0 Å². The number of ether oxygens (including phenoxy) is 1. The van der Waals surface area contributed by atoms with Crippen molar-refractivity contribution in [2.45, 2.75) is 6.92 Å². The van der Waals surface area contributed by atoms with Gasteiger partial charge in [0, 0.05) is 11.6 Å². The van der Waals surface area contributed by atoms with Crippen LogP contribution in [0.25, 0.3) is 0 Å². The quantitative estimate of drug-likeness (QED) is 0.457. The maximum Gasteiger partial charge on any atom is 0.277 e. The van der Waals surface area contributed by atoms with Crippen LogP contribution in [-0.4, -0.2) is 23.3 Å². The van der Waals surface area contributed by atoms with Gasteiger partial charge in [-0.05, 0) is 25.1 Å². The van der Waals surface area contributed by atoms with Gasteiger partial charge in [0.1, 0.15) is 11.5 Å². The van der Waals surface area contributed by atoms with Crippen molar-refractivity contribution in [2.24, 2.45) is 5.10 Å². The largest absolute Gasteiger partial charge is 0.507 e. The molecule has 0 saturated carbocycles. The smallest absolute Gasteiger partial charge is 0.277 e. The minimum atomic E-state index is -0.494. The lowest BCUT2D eigenvalue weighted by atomic mass is 10.1. The summed E-state index contributed by atoms with van der Waals surface area (Å²) in [5, 5.41) is 14.4. The number of nitrogens with zero attached hydrogens (tertiary/aromatic N) is 1. The molecule has 0 aliphatic heterocycles. The molecular weight excluding hydrogens is 375 g/mol. The Bertz CT molecular complexity index is 794. The van der Waals surface area contributed by atoms with Gasteiger partial charge in [0.2, 0.25) is 0 Å². The van der Waals surface area contributed by atoms with E-state index in [1.165, 1.54) is 18.2 Å². The molecule has 5 nitrogen and oxygen atoms in total. The van der Waals surface area contributed by atoms with Gasteiger partial charge in [0.25, 0.3) is 5.91 Å². The van der Waals surface area contributed by atoms with Crippen LogP contribution < -0.4 is 10.2 Å². The maximum atomic E-state index is 11.8. The average Bonchev–Trinajstić information content (AvgIpc) is 2.55. The number of amides is 1. The molecule has 0 atom stereocenters. The number of hydrogen-bond donors (Lipinski definition) is 2. The molecule has 24 heavy (non-hydrogen) atoms. The van der Waals surface area contributed by atoms with Crippen LogP contribution in [0.2, 0.25) is 15.1 Å². The zero-order valence-electron chi connectivity index (χ0n) is 12.5. The first-order valence-corrected chi connectivity index (χ1v) is 7.90. The predicted octanol–water partition coefficient (Wildman–Crippen LogP) is 4.27. The van der Waals surface area contributed by atoms with Gasteiger partial charge in [-0.1, -0.05) is 46.9 Å². The first-order valence-electron chi connectivity index (χ1n) is 6.77. The second-order valence-electron chi connectivity index (χ2n) is 4.73. The van der Waals surface area contributed by atoms with Crippen LogP contribution in [0.5, 0.6) is 11.5 Å². The lowest BCUT2D eigenvalue weighted by Gasteiger charge is -2.09. The Morgan fingerprint density at radius 3 is 2.54 bits per heavy atom. The first kappa shape index (κ1) is 18.4. The topological polar surface area (TPSA) is 70.9 Å². The molecule has 0 saturated heterocycles. The SMILES string of the molecule is C/C(=N\NC(=O)COc1cc(Cl)c(Cl)cc1Cl)c1ccccc1O. The van der Waals surface area contributed by atoms with Crippen molar-refractivity contribution in [2.75, 3.05) is 6.61 Å². The molecule has 8 heteroatoms. The van der Waals surface area contributed by atoms with Crippen LogP contribution in [0.1, 0.15) is 12.5 Å². The molecule has 0 radical (unpaired) electrons. The summed E-state index contributed by atoms with van der Waals surface area (Å²) in [6.45, 7) is 1.35. The van der Waals surface area contributed by atoms with E-state index in [1.54, 1.807) is 25.1 Å². The molecule has 126 valence electrons. The number of phenolic OH excluding ortho intramolecular Hbond substituents is 1. The number of rotatable bonds is 5. The fourth-order valence-electron chi connectivity index (χ4n) is 1.78. The van der Waals surface area contributed by atoms with Crippen LogP contribution >= 0.6 is 34.8 Å². The number of carbonyl (C=O) groups excluding carboxylic acids is 1. The third kappa shape index (κ3) is 4.77. The van der Waals surface area contributed by atoms with Crippen molar-refractivity contribution < 1.29 is 14.6 Å². The Morgan fingerprint density at radius 1 is 1.17 bits per heavy atom. The van der Waals surface area contributed by atoms with Crippen molar-refractivity contribution in [1.82, 2.24) is 5.43 Å². The van der Waals surface area contributed by atoms with Crippen LogP contribution in [0.3, 0.4) is 0 Å². The van der Waals surface area contributed by atoms with Crippen molar-refractivity contribution in [3.63, 3.8) is 0 Å². The number of aromatic hydroxyl groups is 1. The van der Waals surface area contributed by atoms with Gasteiger partial charge in [0.15, 0.2) is 6.61 Å². The Morgan fingerprint density at radius 2 is 1.83 bits per heavy atom. The lowest BCUT2D eigenvalue weighted by Crippen LogP contribution is -2.25. The van der Waals surface area contributed by atoms with Crippen molar-refractivity contribution >= 4 is 46.4 Å². The molecule has 2 aromatic carbocycles. The van der Waals surface area contributed by atoms with E-state index in [2.05, 4.69) is 10.5 Å². The van der Waals surface area contributed by atoms with Gasteiger partial charge in [0.05, 0.1) is 20.8 Å². The van der Waals surface area contributed by atoms with Crippen molar-refractivity contribution in [1.29, 1.82) is 0 Å². The van der Waals surface area contributed by atoms with Gasteiger partial charge in [-0.25, -0.2) is 5.43 Å². The molecule has 2 aromatic rings. The standard InChI is InChI=1S/C16H13Cl3N2O3/c1-9(10-4-2-3-5-14(10)22)20-21-16(23)8-24-15-7-12(18)11(17)6-13(15)19/h2-7,22H,8H2,1H3,(H,21,23)/b20-9+. The highest BCUT2D eigenvalue weighted by Crippen LogP contribution is 2.33. The molecule has 2 rings (SSSR count). The number of benzene rings is 2. The third-order valence-corrected chi connectivity index (χ3v) is 3.99. The third-order valence-electron chi connectivity index (χ3n) is 2.98. The van der Waals surface area contributed by atoms with E-state index < -0.39 is 5.91 Å². The van der Waals surface area contributed by atoms with Crippen molar-refractivity contribution in [3.05, 3.63) is 57.0 Å². The van der Waals surface area contributed by atoms with Gasteiger partial charge < -0.3 is 9.84 Å². The zero-order chi connectivity index (χ0) is 17.7. The molecule has 2 N–H and O–H groups in total. The Balaban J connectivity index is 1.96. The summed E-state index contributed by atoms with van der Waals surface area (Å²) in [6.07, 6.45) is 0. The molecule has 0 spiro atoms. The lowest BCUT2D eigenvalue weighted by molar-refractivity contribution is -0.123. The number of carbonyl (C=O) groups is 1. The Labute approximate surface area is 153 Å². The van der Waals surface area contributed by atoms with Crippen LogP contribution in [0, 0.1) is 0 Å². The minimum Gasteiger partial charge on any atom is -0.507 e. The number of nitrogens with one attached hydrogen (secondary N) is 1. The van der Waals surface area contributed by atoms with E-state index >= 15 is 0 Å². The van der Waals surface area contributed by atoms with Gasteiger partial charge in [-0.2, -0.15) is 5.10 Å². The second-order valence-corrected chi connectivity index (χ2v) is 5.96. The summed E-state index contributed by atoms with van der Waals surface area (Å²) in [5.74, 6) is -0.179. The molecule has 0 aliphatic rings. The molecule has 0 heterocycles. The number of para-hydroxylation sites is 1. The zero-order valence-corrected chi connectivity index (χ0v) is 14.8. The van der Waals surface area contributed by atoms with Crippen molar-refractivity contribution in [3.8, 4) is 11.5 Å². The van der Waals surface area contributed by atoms with Gasteiger partial charge in [-0.3, -0.25) is 4.79 Å². The maximum absolute atomic E-state index is 11.8. The molecule has 0 aromatic heterocycles. The van der Waals surface area contributed by atoms with E-state index in [-0.39, 0.29) is 28.2 Å². The highest BCUT2D eigenvalue weighted by Gasteiger charge is 2.10. The molecular formula is C16H13Cl3N2O3. The monoisotopic (exact) mass is 386 g/mol. The molecule has 0 unspecified atom stereocenters. The highest BCUT2D eigenvalue weighted by molar-refractivity contribution is 6.43. The fourth-order valence-corrected chi connectivity index (χ4v) is 2.37. The van der Waals surface area contributed by atoms with Gasteiger partial charge >= 0.3 is 0 Å². The molecule has 0 aliphatic carbocycles. The number of halogens is 3. The molecule has 0 fully saturated rings. The summed E-state index contributed by atoms with van der Waals surface area (Å²) in [6, 6.07) is 9.53. The summed E-state index contributed by atoms with van der Waals surface area (Å²) in [7, 11) is 0. The summed E-state index contributed by atoms with van der Waals surface area (Å²) < 4.78 is 5.29. The van der Waals surface area contributed by atoms with Gasteiger partial charge in [-0.15, -0.1) is 0 Å². The first-order chi connectivity index (χ1) is 11.4. The number of hydrogen-bond acceptors (Lipinski definition) is 4. The Hall–Kier alpha value is -1.95. The fraction of sp³-hybridized carbons (Fsp3) is 0.125. The summed E-state index contributed by atoms with van der Waals surface area (Å²) in [4.78, 5) is 11.8. The summed E-state index contributed by atoms with van der Waals surface area (Å²) in [5.41, 5.74) is 3.31. The minimum absolute atomic E-state index is 0.0758. The predicted molar refractivity (Wildman–Crippen MR) is 95.4 cm³/mol. The number of phenols is 1. The van der Waals surface area contributed by atoms with Crippen LogP contribution in [0.15, 0.2) is 41.5 Å². The average molecular weight is 388 g/mol. The van der Waals surface area contributed by atoms with Crippen LogP contribution in [-0.2, 0) is 4.79 Å². The molecule has 1 amide bonds. The summed E-state index contributed by atoms with van der Waals surface area (Å²) >= 11 is 17.6. The highest BCUT2D eigenvalue weighted by atomic mass is 35.5. The number of hydrazone groups is 1.